The van der Waals surface area contributed by atoms with Gasteiger partial charge < -0.3 is 14.8 Å². The van der Waals surface area contributed by atoms with Gasteiger partial charge in [-0.2, -0.15) is 5.10 Å². The highest BCUT2D eigenvalue weighted by atomic mass is 79.9. The first-order valence-corrected chi connectivity index (χ1v) is 10.1. The number of para-hydroxylation sites is 1. The van der Waals surface area contributed by atoms with E-state index < -0.39 is 0 Å². The van der Waals surface area contributed by atoms with Crippen LogP contribution in [0.4, 0.5) is 5.69 Å². The Bertz CT molecular complexity index is 857. The van der Waals surface area contributed by atoms with Crippen molar-refractivity contribution in [3.05, 3.63) is 52.5 Å². The minimum absolute atomic E-state index is 0.0349. The molecule has 2 N–H and O–H groups in total. The standard InChI is InChI=1S/C21H24BrN3O4/c1-3-28-18-13-15(12-17(22)21(18)29-4-2)14-23-25-20(27)11-10-19(26)24-16-8-6-5-7-9-16/h5-9,12-14H,3-4,10-11H2,1-2H3,(H,24,26)(H,25,27). The summed E-state index contributed by atoms with van der Waals surface area (Å²) in [5, 5.41) is 6.68. The Hall–Kier alpha value is -2.87. The number of rotatable bonds is 10. The van der Waals surface area contributed by atoms with Crippen molar-refractivity contribution in [2.45, 2.75) is 26.7 Å². The van der Waals surface area contributed by atoms with E-state index in [-0.39, 0.29) is 24.7 Å². The topological polar surface area (TPSA) is 89.0 Å². The average molecular weight is 462 g/mol. The second-order valence-corrected chi connectivity index (χ2v) is 6.76. The van der Waals surface area contributed by atoms with Gasteiger partial charge in [-0.25, -0.2) is 5.43 Å². The molecule has 0 bridgehead atoms. The predicted molar refractivity (Wildman–Crippen MR) is 117 cm³/mol. The number of nitrogens with zero attached hydrogens (tertiary/aromatic N) is 1. The number of carbonyl (C=O) groups is 2. The largest absolute Gasteiger partial charge is 0.490 e. The fourth-order valence-electron chi connectivity index (χ4n) is 2.42. The van der Waals surface area contributed by atoms with E-state index in [9.17, 15) is 9.59 Å². The van der Waals surface area contributed by atoms with Gasteiger partial charge in [-0.05, 0) is 59.6 Å². The molecule has 2 aromatic carbocycles. The summed E-state index contributed by atoms with van der Waals surface area (Å²) < 4.78 is 11.9. The summed E-state index contributed by atoms with van der Waals surface area (Å²) in [5.41, 5.74) is 3.85. The second kappa shape index (κ2) is 11.9. The number of hydrogen-bond donors (Lipinski definition) is 2. The Morgan fingerprint density at radius 1 is 1.03 bits per heavy atom. The third-order valence-electron chi connectivity index (χ3n) is 3.66. The monoisotopic (exact) mass is 461 g/mol. The summed E-state index contributed by atoms with van der Waals surface area (Å²) in [6.07, 6.45) is 1.61. The number of nitrogens with one attached hydrogen (secondary N) is 2. The minimum Gasteiger partial charge on any atom is -0.490 e. The Labute approximate surface area is 178 Å². The molecule has 0 saturated carbocycles. The van der Waals surface area contributed by atoms with Crippen molar-refractivity contribution < 1.29 is 19.1 Å². The maximum Gasteiger partial charge on any atom is 0.240 e. The highest BCUT2D eigenvalue weighted by Gasteiger charge is 2.11. The number of hydrogen-bond acceptors (Lipinski definition) is 5. The van der Waals surface area contributed by atoms with Crippen molar-refractivity contribution in [3.63, 3.8) is 0 Å². The van der Waals surface area contributed by atoms with Crippen LogP contribution in [0.25, 0.3) is 0 Å². The lowest BCUT2D eigenvalue weighted by Crippen LogP contribution is -2.20. The lowest BCUT2D eigenvalue weighted by atomic mass is 10.2. The lowest BCUT2D eigenvalue weighted by molar-refractivity contribution is -0.124. The molecule has 0 aliphatic heterocycles. The molecule has 2 rings (SSSR count). The van der Waals surface area contributed by atoms with Crippen molar-refractivity contribution >= 4 is 39.6 Å². The van der Waals surface area contributed by atoms with Crippen LogP contribution in [0.1, 0.15) is 32.3 Å². The average Bonchev–Trinajstić information content (AvgIpc) is 2.70. The molecular formula is C21H24BrN3O4. The van der Waals surface area contributed by atoms with Crippen LogP contribution in [0.5, 0.6) is 11.5 Å². The highest BCUT2D eigenvalue weighted by molar-refractivity contribution is 9.10. The van der Waals surface area contributed by atoms with Crippen LogP contribution < -0.4 is 20.2 Å². The number of anilines is 1. The SMILES string of the molecule is CCOc1cc(C=NNC(=O)CCC(=O)Nc2ccccc2)cc(Br)c1OCC. The van der Waals surface area contributed by atoms with Crippen LogP contribution in [0, 0.1) is 0 Å². The van der Waals surface area contributed by atoms with Crippen molar-refractivity contribution in [1.82, 2.24) is 5.43 Å². The van der Waals surface area contributed by atoms with Gasteiger partial charge >= 0.3 is 0 Å². The number of halogens is 1. The molecule has 2 amide bonds. The maximum atomic E-state index is 11.9. The molecule has 0 heterocycles. The Kier molecular flexibility index (Phi) is 9.17. The van der Waals surface area contributed by atoms with E-state index in [0.29, 0.717) is 30.4 Å². The fraction of sp³-hybridized carbons (Fsp3) is 0.286. The van der Waals surface area contributed by atoms with E-state index in [1.165, 1.54) is 6.21 Å². The van der Waals surface area contributed by atoms with E-state index in [1.54, 1.807) is 18.2 Å². The molecule has 154 valence electrons. The van der Waals surface area contributed by atoms with Crippen LogP contribution in [-0.4, -0.2) is 31.2 Å². The van der Waals surface area contributed by atoms with Gasteiger partial charge in [-0.1, -0.05) is 18.2 Å². The van der Waals surface area contributed by atoms with E-state index in [2.05, 4.69) is 31.8 Å². The molecule has 0 aliphatic rings. The summed E-state index contributed by atoms with van der Waals surface area (Å²) in [6, 6.07) is 12.7. The summed E-state index contributed by atoms with van der Waals surface area (Å²) in [4.78, 5) is 23.8. The number of benzene rings is 2. The normalized spacial score (nSPS) is 10.6. The molecule has 0 aliphatic carbocycles. The number of amides is 2. The van der Waals surface area contributed by atoms with Gasteiger partial charge in [0.2, 0.25) is 11.8 Å². The first kappa shape index (κ1) is 22.4. The summed E-state index contributed by atoms with van der Waals surface area (Å²) >= 11 is 3.46. The van der Waals surface area contributed by atoms with Crippen molar-refractivity contribution in [1.29, 1.82) is 0 Å². The van der Waals surface area contributed by atoms with E-state index in [0.717, 1.165) is 10.0 Å². The van der Waals surface area contributed by atoms with Gasteiger partial charge in [0.1, 0.15) is 0 Å². The van der Waals surface area contributed by atoms with Crippen LogP contribution in [0.15, 0.2) is 52.0 Å². The molecule has 0 unspecified atom stereocenters. The summed E-state index contributed by atoms with van der Waals surface area (Å²) in [5.74, 6) is 0.640. The minimum atomic E-state index is -0.348. The lowest BCUT2D eigenvalue weighted by Gasteiger charge is -2.13. The van der Waals surface area contributed by atoms with Crippen LogP contribution in [0.3, 0.4) is 0 Å². The molecule has 29 heavy (non-hydrogen) atoms. The third-order valence-corrected chi connectivity index (χ3v) is 4.25. The summed E-state index contributed by atoms with van der Waals surface area (Å²) in [6.45, 7) is 4.79. The molecule has 0 atom stereocenters. The van der Waals surface area contributed by atoms with Gasteiger partial charge in [0, 0.05) is 18.5 Å². The van der Waals surface area contributed by atoms with Gasteiger partial charge in [0.25, 0.3) is 0 Å². The Morgan fingerprint density at radius 2 is 1.72 bits per heavy atom. The van der Waals surface area contributed by atoms with Gasteiger partial charge in [0.05, 0.1) is 23.9 Å². The van der Waals surface area contributed by atoms with Crippen LogP contribution in [0.2, 0.25) is 0 Å². The van der Waals surface area contributed by atoms with Gasteiger partial charge in [-0.15, -0.1) is 0 Å². The predicted octanol–water partition coefficient (Wildman–Crippen LogP) is 4.12. The molecular weight excluding hydrogens is 438 g/mol. The number of hydrazone groups is 1. The zero-order valence-electron chi connectivity index (χ0n) is 16.4. The fourth-order valence-corrected chi connectivity index (χ4v) is 2.99. The molecule has 0 radical (unpaired) electrons. The van der Waals surface area contributed by atoms with E-state index >= 15 is 0 Å². The smallest absolute Gasteiger partial charge is 0.240 e. The molecule has 0 fully saturated rings. The first-order valence-electron chi connectivity index (χ1n) is 9.29. The van der Waals surface area contributed by atoms with E-state index in [1.807, 2.05) is 38.1 Å². The van der Waals surface area contributed by atoms with E-state index in [4.69, 9.17) is 9.47 Å². The molecule has 0 aromatic heterocycles. The quantitative estimate of drug-likeness (QED) is 0.411. The highest BCUT2D eigenvalue weighted by Crippen LogP contribution is 2.36. The third kappa shape index (κ3) is 7.57. The van der Waals surface area contributed by atoms with Gasteiger partial charge in [-0.3, -0.25) is 9.59 Å². The first-order chi connectivity index (χ1) is 14.0. The number of carbonyl (C=O) groups excluding carboxylic acids is 2. The Balaban J connectivity index is 1.86. The van der Waals surface area contributed by atoms with Crippen molar-refractivity contribution in [2.24, 2.45) is 5.10 Å². The maximum absolute atomic E-state index is 11.9. The molecule has 2 aromatic rings. The molecule has 8 heteroatoms. The zero-order valence-corrected chi connectivity index (χ0v) is 18.0. The second-order valence-electron chi connectivity index (χ2n) is 5.90. The zero-order chi connectivity index (χ0) is 21.1. The number of ether oxygens (including phenoxy) is 2. The van der Waals surface area contributed by atoms with Crippen LogP contribution in [-0.2, 0) is 9.59 Å². The van der Waals surface area contributed by atoms with Gasteiger partial charge in [0.15, 0.2) is 11.5 Å². The van der Waals surface area contributed by atoms with Crippen LogP contribution >= 0.6 is 15.9 Å². The summed E-state index contributed by atoms with van der Waals surface area (Å²) in [7, 11) is 0. The van der Waals surface area contributed by atoms with Crippen molar-refractivity contribution in [2.75, 3.05) is 18.5 Å². The molecule has 0 spiro atoms. The molecule has 7 nitrogen and oxygen atoms in total. The van der Waals surface area contributed by atoms with Crippen molar-refractivity contribution in [3.8, 4) is 11.5 Å². The Morgan fingerprint density at radius 3 is 2.41 bits per heavy atom. The molecule has 0 saturated heterocycles.